The van der Waals surface area contributed by atoms with Crippen molar-refractivity contribution >= 4 is 17.8 Å². The molecule has 1 amide bonds. The van der Waals surface area contributed by atoms with Crippen LogP contribution in [0.3, 0.4) is 0 Å². The Kier molecular flexibility index (Phi) is 23.0. The smallest absolute Gasteiger partial charge is 0.305 e. The number of carboxylic acids is 1. The summed E-state index contributed by atoms with van der Waals surface area (Å²) < 4.78 is 36.5. The molecule has 0 bridgehead atoms. The fourth-order valence-electron chi connectivity index (χ4n) is 2.35. The fraction of sp³-hybridized carbons (Fsp3) is 0.864. The third-order valence-corrected chi connectivity index (χ3v) is 4.32. The van der Waals surface area contributed by atoms with Crippen molar-refractivity contribution in [3.63, 3.8) is 0 Å². The van der Waals surface area contributed by atoms with Crippen LogP contribution in [0.4, 0.5) is 0 Å². The molecule has 0 spiro atoms. The van der Waals surface area contributed by atoms with Crippen molar-refractivity contribution in [2.75, 3.05) is 92.9 Å². The molecule has 0 aromatic carbocycles. The van der Waals surface area contributed by atoms with E-state index in [0.29, 0.717) is 85.6 Å². The van der Waals surface area contributed by atoms with Crippen molar-refractivity contribution in [2.45, 2.75) is 26.2 Å². The Morgan fingerprint density at radius 3 is 1.50 bits per heavy atom. The van der Waals surface area contributed by atoms with Gasteiger partial charge in [-0.1, -0.05) is 6.92 Å². The van der Waals surface area contributed by atoms with E-state index >= 15 is 0 Å². The van der Waals surface area contributed by atoms with Crippen LogP contribution in [-0.2, 0) is 47.5 Å². The molecule has 0 aromatic heterocycles. The Labute approximate surface area is 201 Å². The number of methoxy groups -OCH3 is 1. The molecule has 12 nitrogen and oxygen atoms in total. The molecule has 0 radical (unpaired) electrons. The largest absolute Gasteiger partial charge is 0.481 e. The van der Waals surface area contributed by atoms with E-state index in [4.69, 9.17) is 33.5 Å². The predicted octanol–water partition coefficient (Wildman–Crippen LogP) is 0.266. The second-order valence-corrected chi connectivity index (χ2v) is 7.12. The predicted molar refractivity (Wildman–Crippen MR) is 121 cm³/mol. The maximum atomic E-state index is 11.9. The number of esters is 1. The van der Waals surface area contributed by atoms with Gasteiger partial charge < -0.3 is 43.6 Å². The maximum Gasteiger partial charge on any atom is 0.305 e. The Morgan fingerprint density at radius 2 is 1.09 bits per heavy atom. The fourth-order valence-corrected chi connectivity index (χ4v) is 2.35. The van der Waals surface area contributed by atoms with E-state index in [2.05, 4.69) is 10.1 Å². The van der Waals surface area contributed by atoms with Crippen molar-refractivity contribution in [1.82, 2.24) is 5.32 Å². The van der Waals surface area contributed by atoms with E-state index < -0.39 is 5.97 Å². The van der Waals surface area contributed by atoms with E-state index in [9.17, 15) is 14.4 Å². The summed E-state index contributed by atoms with van der Waals surface area (Å²) in [7, 11) is 1.33. The molecular formula is C22H41NO11. The monoisotopic (exact) mass is 495 g/mol. The second-order valence-electron chi connectivity index (χ2n) is 7.12. The minimum Gasteiger partial charge on any atom is -0.481 e. The normalized spacial score (nSPS) is 11.8. The molecule has 2 N–H and O–H groups in total. The molecule has 200 valence electrons. The van der Waals surface area contributed by atoms with Crippen LogP contribution in [0.5, 0.6) is 0 Å². The van der Waals surface area contributed by atoms with Crippen LogP contribution in [-0.4, -0.2) is 116 Å². The van der Waals surface area contributed by atoms with E-state index in [-0.39, 0.29) is 37.2 Å². The van der Waals surface area contributed by atoms with Gasteiger partial charge in [0.25, 0.3) is 0 Å². The highest BCUT2D eigenvalue weighted by atomic mass is 16.6. The van der Waals surface area contributed by atoms with Gasteiger partial charge in [-0.05, 0) is 6.42 Å². The molecule has 34 heavy (non-hydrogen) atoms. The molecule has 0 aromatic rings. The zero-order valence-corrected chi connectivity index (χ0v) is 20.4. The summed E-state index contributed by atoms with van der Waals surface area (Å²) in [5.74, 6) is -1.58. The lowest BCUT2D eigenvalue weighted by atomic mass is 10.1. The van der Waals surface area contributed by atoms with Gasteiger partial charge >= 0.3 is 11.9 Å². The van der Waals surface area contributed by atoms with Crippen molar-refractivity contribution in [3.05, 3.63) is 0 Å². The number of ether oxygens (including phenoxy) is 7. The highest BCUT2D eigenvalue weighted by molar-refractivity contribution is 5.79. The van der Waals surface area contributed by atoms with Crippen molar-refractivity contribution in [2.24, 2.45) is 5.92 Å². The minimum atomic E-state index is -0.881. The molecule has 0 heterocycles. The van der Waals surface area contributed by atoms with Crippen LogP contribution in [0.2, 0.25) is 0 Å². The third kappa shape index (κ3) is 23.3. The zero-order valence-electron chi connectivity index (χ0n) is 20.4. The summed E-state index contributed by atoms with van der Waals surface area (Å²) >= 11 is 0. The Morgan fingerprint density at radius 1 is 0.676 bits per heavy atom. The Bertz CT molecular complexity index is 519. The first-order valence-corrected chi connectivity index (χ1v) is 11.5. The summed E-state index contributed by atoms with van der Waals surface area (Å²) in [5, 5.41) is 11.2. The second kappa shape index (κ2) is 24.3. The van der Waals surface area contributed by atoms with Gasteiger partial charge in [0.15, 0.2) is 0 Å². The number of aliphatic carboxylic acids is 1. The van der Waals surface area contributed by atoms with Crippen molar-refractivity contribution < 1.29 is 52.6 Å². The lowest BCUT2D eigenvalue weighted by Crippen LogP contribution is -2.32. The maximum absolute atomic E-state index is 11.9. The van der Waals surface area contributed by atoms with Crippen LogP contribution in [0.1, 0.15) is 26.2 Å². The average molecular weight is 496 g/mol. The molecule has 0 unspecified atom stereocenters. The van der Waals surface area contributed by atoms with Crippen LogP contribution < -0.4 is 5.32 Å². The summed E-state index contributed by atoms with van der Waals surface area (Å²) in [6.45, 7) is 7.02. The number of carbonyl (C=O) groups is 3. The molecule has 0 fully saturated rings. The minimum absolute atomic E-state index is 0.00893. The van der Waals surface area contributed by atoms with Gasteiger partial charge in [0, 0.05) is 18.9 Å². The molecule has 0 aliphatic carbocycles. The molecule has 12 heteroatoms. The van der Waals surface area contributed by atoms with Gasteiger partial charge in [-0.25, -0.2) is 0 Å². The van der Waals surface area contributed by atoms with Crippen LogP contribution >= 0.6 is 0 Å². The molecular weight excluding hydrogens is 454 g/mol. The summed E-state index contributed by atoms with van der Waals surface area (Å²) in [6.07, 6.45) is 0.663. The first kappa shape index (κ1) is 32.2. The zero-order chi connectivity index (χ0) is 25.3. The lowest BCUT2D eigenvalue weighted by molar-refractivity contribution is -0.141. The molecule has 0 saturated heterocycles. The topological polar surface area (TPSA) is 148 Å². The van der Waals surface area contributed by atoms with Crippen molar-refractivity contribution in [1.29, 1.82) is 0 Å². The van der Waals surface area contributed by atoms with Gasteiger partial charge in [0.1, 0.15) is 0 Å². The lowest BCUT2D eigenvalue weighted by Gasteiger charge is -2.12. The van der Waals surface area contributed by atoms with Crippen LogP contribution in [0, 0.1) is 5.92 Å². The molecule has 0 aliphatic heterocycles. The number of carbonyl (C=O) groups excluding carboxylic acids is 2. The highest BCUT2D eigenvalue weighted by Gasteiger charge is 2.14. The first-order valence-electron chi connectivity index (χ1n) is 11.5. The van der Waals surface area contributed by atoms with Crippen LogP contribution in [0.15, 0.2) is 0 Å². The van der Waals surface area contributed by atoms with E-state index in [1.165, 1.54) is 7.11 Å². The quantitative estimate of drug-likeness (QED) is 0.133. The van der Waals surface area contributed by atoms with E-state index in [0.717, 1.165) is 0 Å². The van der Waals surface area contributed by atoms with Gasteiger partial charge in [0.2, 0.25) is 5.91 Å². The van der Waals surface area contributed by atoms with Gasteiger partial charge in [0.05, 0.1) is 92.8 Å². The van der Waals surface area contributed by atoms with Gasteiger partial charge in [-0.3, -0.25) is 14.4 Å². The number of carboxylic acid groups (broad SMARTS) is 1. The van der Waals surface area contributed by atoms with E-state index in [1.807, 2.05) is 0 Å². The standard InChI is InChI=1S/C22H41NO11/c1-19(3-4-21(26)28-2)22(27)23-6-8-30-10-12-32-14-16-34-18-17-33-15-13-31-11-9-29-7-5-20(24)25/h19H,3-18H2,1-2H3,(H,23,27)(H,24,25)/t19-/m0/s1. The van der Waals surface area contributed by atoms with Gasteiger partial charge in [-0.2, -0.15) is 0 Å². The Balaban J connectivity index is 3.22. The number of hydrogen-bond donors (Lipinski definition) is 2. The van der Waals surface area contributed by atoms with Crippen molar-refractivity contribution in [3.8, 4) is 0 Å². The highest BCUT2D eigenvalue weighted by Crippen LogP contribution is 2.06. The molecule has 0 saturated carbocycles. The molecule has 0 rings (SSSR count). The SMILES string of the molecule is COC(=O)CC[C@H](C)C(=O)NCCOCCOCCOCCOCCOCCOCCC(=O)O. The number of hydrogen-bond acceptors (Lipinski definition) is 10. The number of nitrogens with one attached hydrogen (secondary N) is 1. The van der Waals surface area contributed by atoms with Crippen LogP contribution in [0.25, 0.3) is 0 Å². The third-order valence-electron chi connectivity index (χ3n) is 4.32. The summed E-state index contributed by atoms with van der Waals surface area (Å²) in [6, 6.07) is 0. The van der Waals surface area contributed by atoms with Gasteiger partial charge in [-0.15, -0.1) is 0 Å². The molecule has 0 aliphatic rings. The van der Waals surface area contributed by atoms with E-state index in [1.54, 1.807) is 6.92 Å². The first-order chi connectivity index (χ1) is 16.5. The Hall–Kier alpha value is -1.83. The summed E-state index contributed by atoms with van der Waals surface area (Å²) in [4.78, 5) is 33.2. The molecule has 1 atom stereocenters. The number of rotatable bonds is 25. The average Bonchev–Trinajstić information content (AvgIpc) is 2.82. The summed E-state index contributed by atoms with van der Waals surface area (Å²) in [5.41, 5.74) is 0. The number of amides is 1.